The summed E-state index contributed by atoms with van der Waals surface area (Å²) in [6.45, 7) is 1.09. The van der Waals surface area contributed by atoms with E-state index in [0.29, 0.717) is 18.6 Å². The second-order valence-corrected chi connectivity index (χ2v) is 7.56. The third-order valence-corrected chi connectivity index (χ3v) is 5.56. The minimum atomic E-state index is -0.606. The number of fused-ring (bicyclic) bond motifs is 1. The van der Waals surface area contributed by atoms with Crippen LogP contribution in [0.1, 0.15) is 42.1 Å². The monoisotopic (exact) mass is 424 g/mol. The number of Topliss-reactive ketones (excluding diaryl/α,β-unsaturated/α-hetero) is 1. The van der Waals surface area contributed by atoms with Gasteiger partial charge in [0.25, 0.3) is 0 Å². The maximum Gasteiger partial charge on any atom is 0.200 e. The van der Waals surface area contributed by atoms with Crippen molar-refractivity contribution < 1.29 is 9.18 Å². The molecule has 1 saturated heterocycles. The van der Waals surface area contributed by atoms with E-state index >= 15 is 0 Å². The van der Waals surface area contributed by atoms with Crippen LogP contribution in [0.25, 0.3) is 10.9 Å². The highest BCUT2D eigenvalue weighted by atomic mass is 35.5. The second kappa shape index (κ2) is 7.70. The van der Waals surface area contributed by atoms with Crippen molar-refractivity contribution in [2.24, 2.45) is 5.73 Å². The predicted octanol–water partition coefficient (Wildman–Crippen LogP) is 3.18. The molecule has 2 aromatic rings. The highest BCUT2D eigenvalue weighted by Crippen LogP contribution is 2.42. The van der Waals surface area contributed by atoms with Gasteiger partial charge in [-0.1, -0.05) is 11.6 Å². The molecule has 0 spiro atoms. The lowest BCUT2D eigenvalue weighted by Gasteiger charge is -2.23. The molecule has 1 aliphatic heterocycles. The first-order valence-corrected chi connectivity index (χ1v) is 9.27. The van der Waals surface area contributed by atoms with E-state index in [9.17, 15) is 14.0 Å². The fraction of sp³-hybridized carbons (Fsp3) is 0.421. The number of ketones is 1. The van der Waals surface area contributed by atoms with Gasteiger partial charge in [0, 0.05) is 31.4 Å². The number of benzene rings is 1. The molecule has 1 atom stereocenters. The summed E-state index contributed by atoms with van der Waals surface area (Å²) in [4.78, 5) is 26.8. The van der Waals surface area contributed by atoms with E-state index in [2.05, 4.69) is 0 Å². The van der Waals surface area contributed by atoms with E-state index in [1.54, 1.807) is 15.5 Å². The lowest BCUT2D eigenvalue weighted by atomic mass is 10.1. The molecule has 0 bridgehead atoms. The van der Waals surface area contributed by atoms with Gasteiger partial charge in [0.05, 0.1) is 39.7 Å². The molecular formula is C19H19Cl2FN4O2. The molecule has 1 aliphatic carbocycles. The zero-order valence-electron chi connectivity index (χ0n) is 15.0. The molecular weight excluding hydrogens is 406 g/mol. The molecule has 2 aliphatic rings. The largest absolute Gasteiger partial charge is 0.366 e. The van der Waals surface area contributed by atoms with Crippen LogP contribution in [0.2, 0.25) is 5.02 Å². The summed E-state index contributed by atoms with van der Waals surface area (Å²) in [7, 11) is 0. The third-order valence-electron chi connectivity index (χ3n) is 5.21. The lowest BCUT2D eigenvalue weighted by molar-refractivity contribution is 0.0996. The maximum atomic E-state index is 14.9. The molecule has 4 rings (SSSR count). The Balaban J connectivity index is 0.00000225. The number of pyridine rings is 1. The van der Waals surface area contributed by atoms with Gasteiger partial charge in [-0.25, -0.2) is 4.39 Å². The molecule has 2 heterocycles. The molecule has 9 heteroatoms. The van der Waals surface area contributed by atoms with Crippen molar-refractivity contribution in [1.29, 1.82) is 5.26 Å². The molecule has 1 saturated carbocycles. The first-order chi connectivity index (χ1) is 12.9. The highest BCUT2D eigenvalue weighted by Gasteiger charge is 2.31. The molecule has 0 amide bonds. The first kappa shape index (κ1) is 20.6. The number of hydrogen-bond acceptors (Lipinski definition) is 5. The van der Waals surface area contributed by atoms with E-state index in [1.165, 1.54) is 6.20 Å². The number of nitrogens with two attached hydrogens (primary N) is 1. The summed E-state index contributed by atoms with van der Waals surface area (Å²) in [5, 5.41) is 9.02. The summed E-state index contributed by atoms with van der Waals surface area (Å²) in [5.74, 6) is -1.17. The molecule has 6 nitrogen and oxygen atoms in total. The first-order valence-electron chi connectivity index (χ1n) is 8.90. The van der Waals surface area contributed by atoms with Crippen molar-refractivity contribution in [2.75, 3.05) is 18.0 Å². The van der Waals surface area contributed by atoms with Crippen molar-refractivity contribution in [3.05, 3.63) is 38.9 Å². The van der Waals surface area contributed by atoms with Crippen molar-refractivity contribution in [2.45, 2.75) is 37.8 Å². The molecule has 0 radical (unpaired) electrons. The molecule has 1 aromatic carbocycles. The number of halogens is 3. The smallest absolute Gasteiger partial charge is 0.200 e. The SMILES string of the molecule is Cl.N#CCC(=O)c1cn(C2CC2)c2c(Cl)c(N3CCC(N)C3)c(F)cc2c1=O. The number of nitriles is 1. The third kappa shape index (κ3) is 3.37. The number of hydrogen-bond donors (Lipinski definition) is 1. The van der Waals surface area contributed by atoms with Gasteiger partial charge < -0.3 is 15.2 Å². The Morgan fingerprint density at radius 1 is 1.39 bits per heavy atom. The van der Waals surface area contributed by atoms with Crippen molar-refractivity contribution in [3.63, 3.8) is 0 Å². The van der Waals surface area contributed by atoms with Gasteiger partial charge in [0.15, 0.2) is 11.2 Å². The summed E-state index contributed by atoms with van der Waals surface area (Å²) in [6.07, 6.45) is 3.60. The van der Waals surface area contributed by atoms with Crippen LogP contribution in [0, 0.1) is 17.1 Å². The van der Waals surface area contributed by atoms with Gasteiger partial charge >= 0.3 is 0 Å². The van der Waals surface area contributed by atoms with Crippen LogP contribution >= 0.6 is 24.0 Å². The summed E-state index contributed by atoms with van der Waals surface area (Å²) < 4.78 is 16.7. The Kier molecular flexibility index (Phi) is 5.67. The van der Waals surface area contributed by atoms with Gasteiger partial charge in [0.2, 0.25) is 0 Å². The maximum absolute atomic E-state index is 14.9. The van der Waals surface area contributed by atoms with Crippen LogP contribution in [0.4, 0.5) is 10.1 Å². The fourth-order valence-corrected chi connectivity index (χ4v) is 4.13. The Morgan fingerprint density at radius 3 is 2.68 bits per heavy atom. The van der Waals surface area contributed by atoms with Crippen LogP contribution in [0.15, 0.2) is 17.1 Å². The number of aromatic nitrogens is 1. The van der Waals surface area contributed by atoms with Gasteiger partial charge in [-0.05, 0) is 25.3 Å². The van der Waals surface area contributed by atoms with Crippen LogP contribution in [-0.4, -0.2) is 29.5 Å². The van der Waals surface area contributed by atoms with Crippen LogP contribution in [-0.2, 0) is 0 Å². The fourth-order valence-electron chi connectivity index (χ4n) is 3.72. The summed E-state index contributed by atoms with van der Waals surface area (Å²) in [6, 6.07) is 2.98. The van der Waals surface area contributed by atoms with Gasteiger partial charge in [0.1, 0.15) is 5.82 Å². The number of anilines is 1. The minimum absolute atomic E-state index is 0. The molecule has 28 heavy (non-hydrogen) atoms. The highest BCUT2D eigenvalue weighted by molar-refractivity contribution is 6.38. The zero-order chi connectivity index (χ0) is 19.3. The average Bonchev–Trinajstić information content (AvgIpc) is 3.38. The number of carbonyl (C=O) groups excluding carboxylic acids is 1. The minimum Gasteiger partial charge on any atom is -0.366 e. The van der Waals surface area contributed by atoms with Crippen molar-refractivity contribution >= 4 is 46.4 Å². The molecule has 1 unspecified atom stereocenters. The zero-order valence-corrected chi connectivity index (χ0v) is 16.5. The van der Waals surface area contributed by atoms with Crippen LogP contribution < -0.4 is 16.1 Å². The predicted molar refractivity (Wildman–Crippen MR) is 108 cm³/mol. The van der Waals surface area contributed by atoms with E-state index in [4.69, 9.17) is 22.6 Å². The normalized spacial score (nSPS) is 18.8. The van der Waals surface area contributed by atoms with E-state index in [1.807, 2.05) is 0 Å². The number of carbonyl (C=O) groups is 1. The molecule has 148 valence electrons. The van der Waals surface area contributed by atoms with Crippen LogP contribution in [0.3, 0.4) is 0 Å². The second-order valence-electron chi connectivity index (χ2n) is 7.18. The number of nitrogens with zero attached hydrogens (tertiary/aromatic N) is 3. The Bertz CT molecular complexity index is 1060. The molecule has 1 aromatic heterocycles. The quantitative estimate of drug-likeness (QED) is 0.760. The Morgan fingerprint density at radius 2 is 2.11 bits per heavy atom. The summed E-state index contributed by atoms with van der Waals surface area (Å²) >= 11 is 6.60. The molecule has 2 fully saturated rings. The standard InChI is InChI=1S/C19H18ClFN4O2.ClH/c20-16-17-12(7-14(21)18(16)24-6-4-10(23)8-24)19(27)13(15(26)3-5-22)9-25(17)11-1-2-11;/h7,9-11H,1-4,6,8,23H2;1H. The van der Waals surface area contributed by atoms with Crippen LogP contribution in [0.5, 0.6) is 0 Å². The van der Waals surface area contributed by atoms with Gasteiger partial charge in [-0.2, -0.15) is 5.26 Å². The van der Waals surface area contributed by atoms with Gasteiger partial charge in [-0.3, -0.25) is 9.59 Å². The van der Waals surface area contributed by atoms with Crippen molar-refractivity contribution in [1.82, 2.24) is 4.57 Å². The Hall–Kier alpha value is -2.14. The average molecular weight is 425 g/mol. The van der Waals surface area contributed by atoms with Crippen molar-refractivity contribution in [3.8, 4) is 6.07 Å². The van der Waals surface area contributed by atoms with Gasteiger partial charge in [-0.15, -0.1) is 12.4 Å². The topological polar surface area (TPSA) is 92.1 Å². The lowest BCUT2D eigenvalue weighted by Crippen LogP contribution is -2.27. The molecule has 2 N–H and O–H groups in total. The van der Waals surface area contributed by atoms with E-state index in [0.717, 1.165) is 25.3 Å². The van der Waals surface area contributed by atoms with E-state index in [-0.39, 0.29) is 46.2 Å². The van der Waals surface area contributed by atoms with E-state index < -0.39 is 23.5 Å². The number of rotatable bonds is 4. The summed E-state index contributed by atoms with van der Waals surface area (Å²) in [5.41, 5.74) is 5.95. The Labute approximate surface area is 172 Å².